The van der Waals surface area contributed by atoms with Crippen LogP contribution in [0.4, 0.5) is 5.69 Å². The summed E-state index contributed by atoms with van der Waals surface area (Å²) in [5.41, 5.74) is 4.24. The zero-order chi connectivity index (χ0) is 21.0. The highest BCUT2D eigenvalue weighted by molar-refractivity contribution is 7.09. The van der Waals surface area contributed by atoms with E-state index in [0.717, 1.165) is 32.7 Å². The third-order valence-electron chi connectivity index (χ3n) is 6.97. The van der Waals surface area contributed by atoms with Crippen LogP contribution in [0.25, 0.3) is 0 Å². The van der Waals surface area contributed by atoms with Gasteiger partial charge in [0, 0.05) is 68.8 Å². The summed E-state index contributed by atoms with van der Waals surface area (Å²) in [6.07, 6.45) is 0. The molecule has 162 valence electrons. The zero-order valence-corrected chi connectivity index (χ0v) is 19.3. The molecule has 2 saturated heterocycles. The first kappa shape index (κ1) is 20.7. The molecule has 0 aliphatic carbocycles. The van der Waals surface area contributed by atoms with Crippen molar-refractivity contribution in [2.45, 2.75) is 19.4 Å². The van der Waals surface area contributed by atoms with Crippen molar-refractivity contribution in [3.63, 3.8) is 0 Å². The van der Waals surface area contributed by atoms with E-state index in [1.165, 1.54) is 41.3 Å². The number of hydrogen-bond donors (Lipinski definition) is 0. The average molecular weight is 432 g/mol. The Bertz CT molecular complexity index is 930. The van der Waals surface area contributed by atoms with Crippen LogP contribution < -0.4 is 4.90 Å². The number of hydrogen-bond acceptors (Lipinski definition) is 4. The Balaban J connectivity index is 1.25. The average Bonchev–Trinajstić information content (AvgIpc) is 3.46. The van der Waals surface area contributed by atoms with Crippen LogP contribution in [0, 0.1) is 12.8 Å². The Labute approximate surface area is 190 Å². The molecular weight excluding hydrogens is 398 g/mol. The first-order valence-corrected chi connectivity index (χ1v) is 12.5. The maximum absolute atomic E-state index is 2.71. The lowest BCUT2D eigenvalue weighted by molar-refractivity contribution is 0.209. The summed E-state index contributed by atoms with van der Waals surface area (Å²) < 4.78 is 0. The standard InChI is InChI=1S/C27H33N3S/c1-22-9-11-23(12-10-22)27-21-29(20-26-8-5-17-31-26)19-24(27)18-28-13-15-30(16-14-28)25-6-3-2-4-7-25/h2-12,17,24,27H,13-16,18-21H2,1H3. The van der Waals surface area contributed by atoms with Crippen LogP contribution in [0.5, 0.6) is 0 Å². The van der Waals surface area contributed by atoms with Gasteiger partial charge in [-0.15, -0.1) is 11.3 Å². The zero-order valence-electron chi connectivity index (χ0n) is 18.5. The number of anilines is 1. The summed E-state index contributed by atoms with van der Waals surface area (Å²) >= 11 is 1.89. The fraction of sp³-hybridized carbons (Fsp3) is 0.407. The number of piperazine rings is 1. The van der Waals surface area contributed by atoms with Crippen LogP contribution in [-0.2, 0) is 6.54 Å². The van der Waals surface area contributed by atoms with Crippen LogP contribution in [0.2, 0.25) is 0 Å². The fourth-order valence-electron chi connectivity index (χ4n) is 5.25. The molecule has 31 heavy (non-hydrogen) atoms. The molecule has 0 amide bonds. The second kappa shape index (κ2) is 9.56. The molecule has 2 aromatic carbocycles. The van der Waals surface area contributed by atoms with E-state index in [2.05, 4.69) is 93.7 Å². The monoisotopic (exact) mass is 431 g/mol. The van der Waals surface area contributed by atoms with Gasteiger partial charge in [-0.1, -0.05) is 54.1 Å². The summed E-state index contributed by atoms with van der Waals surface area (Å²) in [5, 5.41) is 2.20. The quantitative estimate of drug-likeness (QED) is 0.538. The maximum Gasteiger partial charge on any atom is 0.0367 e. The Kier molecular flexibility index (Phi) is 6.40. The third kappa shape index (κ3) is 5.03. The van der Waals surface area contributed by atoms with E-state index in [4.69, 9.17) is 0 Å². The van der Waals surface area contributed by atoms with Crippen molar-refractivity contribution in [1.29, 1.82) is 0 Å². The molecule has 3 heterocycles. The predicted octanol–water partition coefficient (Wildman–Crippen LogP) is 5.09. The van der Waals surface area contributed by atoms with Gasteiger partial charge in [-0.2, -0.15) is 0 Å². The largest absolute Gasteiger partial charge is 0.369 e. The normalized spacial score (nSPS) is 22.8. The van der Waals surface area contributed by atoms with E-state index >= 15 is 0 Å². The number of aryl methyl sites for hydroxylation is 1. The predicted molar refractivity (Wildman–Crippen MR) is 132 cm³/mol. The van der Waals surface area contributed by atoms with E-state index in [9.17, 15) is 0 Å². The molecular formula is C27H33N3S. The van der Waals surface area contributed by atoms with Gasteiger partial charge < -0.3 is 4.90 Å². The Hall–Kier alpha value is -2.14. The minimum atomic E-state index is 0.632. The molecule has 2 aliphatic heterocycles. The minimum Gasteiger partial charge on any atom is -0.369 e. The highest BCUT2D eigenvalue weighted by Gasteiger charge is 2.35. The molecule has 0 N–H and O–H groups in total. The van der Waals surface area contributed by atoms with Crippen molar-refractivity contribution in [3.05, 3.63) is 88.1 Å². The summed E-state index contributed by atoms with van der Waals surface area (Å²) in [7, 11) is 0. The van der Waals surface area contributed by atoms with Gasteiger partial charge in [0.2, 0.25) is 0 Å². The van der Waals surface area contributed by atoms with Crippen LogP contribution in [0.3, 0.4) is 0 Å². The highest BCUT2D eigenvalue weighted by Crippen LogP contribution is 2.35. The molecule has 0 spiro atoms. The van der Waals surface area contributed by atoms with E-state index in [-0.39, 0.29) is 0 Å². The molecule has 1 aromatic heterocycles. The first-order valence-electron chi connectivity index (χ1n) is 11.6. The first-order chi connectivity index (χ1) is 15.2. The van der Waals surface area contributed by atoms with Gasteiger partial charge in [0.25, 0.3) is 0 Å². The molecule has 0 saturated carbocycles. The summed E-state index contributed by atoms with van der Waals surface area (Å²) in [5.74, 6) is 1.33. The molecule has 3 nitrogen and oxygen atoms in total. The number of rotatable bonds is 6. The van der Waals surface area contributed by atoms with E-state index in [0.29, 0.717) is 11.8 Å². The van der Waals surface area contributed by atoms with Crippen molar-refractivity contribution in [2.24, 2.45) is 5.92 Å². The van der Waals surface area contributed by atoms with Crippen molar-refractivity contribution >= 4 is 17.0 Å². The molecule has 2 atom stereocenters. The molecule has 2 fully saturated rings. The smallest absolute Gasteiger partial charge is 0.0367 e. The van der Waals surface area contributed by atoms with E-state index in [1.807, 2.05) is 11.3 Å². The second-order valence-corrected chi connectivity index (χ2v) is 10.2. The Morgan fingerprint density at radius 1 is 0.806 bits per heavy atom. The molecule has 0 bridgehead atoms. The second-order valence-electron chi connectivity index (χ2n) is 9.17. The van der Waals surface area contributed by atoms with Gasteiger partial charge >= 0.3 is 0 Å². The van der Waals surface area contributed by atoms with E-state index < -0.39 is 0 Å². The van der Waals surface area contributed by atoms with Gasteiger partial charge in [-0.3, -0.25) is 9.80 Å². The van der Waals surface area contributed by atoms with Gasteiger partial charge in [-0.05, 0) is 42.0 Å². The molecule has 4 heteroatoms. The lowest BCUT2D eigenvalue weighted by Crippen LogP contribution is -2.48. The van der Waals surface area contributed by atoms with Gasteiger partial charge in [-0.25, -0.2) is 0 Å². The van der Waals surface area contributed by atoms with Crippen molar-refractivity contribution in [1.82, 2.24) is 9.80 Å². The van der Waals surface area contributed by atoms with E-state index in [1.54, 1.807) is 0 Å². The summed E-state index contributed by atoms with van der Waals surface area (Å²) in [6.45, 7) is 11.5. The molecule has 3 aromatic rings. The molecule has 2 unspecified atom stereocenters. The highest BCUT2D eigenvalue weighted by atomic mass is 32.1. The van der Waals surface area contributed by atoms with Gasteiger partial charge in [0.15, 0.2) is 0 Å². The Morgan fingerprint density at radius 3 is 2.29 bits per heavy atom. The molecule has 2 aliphatic rings. The van der Waals surface area contributed by atoms with Gasteiger partial charge in [0.05, 0.1) is 0 Å². The van der Waals surface area contributed by atoms with Crippen LogP contribution in [-0.4, -0.2) is 55.6 Å². The number of likely N-dealkylation sites (tertiary alicyclic amines) is 1. The maximum atomic E-state index is 2.71. The summed E-state index contributed by atoms with van der Waals surface area (Å²) in [6, 6.07) is 24.6. The SMILES string of the molecule is Cc1ccc(C2CN(Cc3cccs3)CC2CN2CCN(c3ccccc3)CC2)cc1. The van der Waals surface area contributed by atoms with Gasteiger partial charge in [0.1, 0.15) is 0 Å². The molecule has 0 radical (unpaired) electrons. The van der Waals surface area contributed by atoms with Crippen molar-refractivity contribution < 1.29 is 0 Å². The number of benzene rings is 2. The van der Waals surface area contributed by atoms with Crippen LogP contribution >= 0.6 is 11.3 Å². The number of thiophene rings is 1. The topological polar surface area (TPSA) is 9.72 Å². The lowest BCUT2D eigenvalue weighted by Gasteiger charge is -2.38. The van der Waals surface area contributed by atoms with Crippen LogP contribution in [0.1, 0.15) is 21.9 Å². The van der Waals surface area contributed by atoms with Crippen molar-refractivity contribution in [2.75, 3.05) is 50.7 Å². The summed E-state index contributed by atoms with van der Waals surface area (Å²) in [4.78, 5) is 9.41. The minimum absolute atomic E-state index is 0.632. The number of para-hydroxylation sites is 1. The van der Waals surface area contributed by atoms with Crippen LogP contribution in [0.15, 0.2) is 72.1 Å². The Morgan fingerprint density at radius 2 is 1.58 bits per heavy atom. The third-order valence-corrected chi connectivity index (χ3v) is 7.83. The number of nitrogens with zero attached hydrogens (tertiary/aromatic N) is 3. The van der Waals surface area contributed by atoms with Crippen molar-refractivity contribution in [3.8, 4) is 0 Å². The lowest BCUT2D eigenvalue weighted by atomic mass is 9.88. The fourth-order valence-corrected chi connectivity index (χ4v) is 5.99. The molecule has 5 rings (SSSR count).